The maximum absolute atomic E-state index is 11.6. The molecule has 1 aromatic rings. The molecule has 0 heterocycles. The van der Waals surface area contributed by atoms with E-state index in [1.165, 1.54) is 11.8 Å². The molecule has 0 aliphatic heterocycles. The molecule has 0 radical (unpaired) electrons. The first-order valence-corrected chi connectivity index (χ1v) is 5.18. The van der Waals surface area contributed by atoms with Gasteiger partial charge >= 0.3 is 6.03 Å². The lowest BCUT2D eigenvalue weighted by Gasteiger charge is -2.16. The minimum atomic E-state index is -0.212. The monoisotopic (exact) mass is 220 g/mol. The average Bonchev–Trinajstić information content (AvgIpc) is 2.28. The predicted molar refractivity (Wildman–Crippen MR) is 63.8 cm³/mol. The standard InChI is InChI=1S/C12H16N2O2/c1-4-14(3)12(16)13-11-8-6-5-7-10(11)9(2)15/h5-8H,4H2,1-3H3,(H,13,16). The van der Waals surface area contributed by atoms with Crippen molar-refractivity contribution < 1.29 is 9.59 Å². The van der Waals surface area contributed by atoms with Gasteiger partial charge in [0.1, 0.15) is 0 Å². The first-order chi connectivity index (χ1) is 7.56. The molecule has 0 aliphatic carbocycles. The smallest absolute Gasteiger partial charge is 0.321 e. The van der Waals surface area contributed by atoms with Crippen molar-refractivity contribution >= 4 is 17.5 Å². The highest BCUT2D eigenvalue weighted by molar-refractivity contribution is 6.03. The molecule has 0 aromatic heterocycles. The Morgan fingerprint density at radius 3 is 2.50 bits per heavy atom. The van der Waals surface area contributed by atoms with Gasteiger partial charge in [-0.15, -0.1) is 0 Å². The summed E-state index contributed by atoms with van der Waals surface area (Å²) in [5.41, 5.74) is 1.08. The highest BCUT2D eigenvalue weighted by atomic mass is 16.2. The fourth-order valence-corrected chi connectivity index (χ4v) is 1.25. The maximum Gasteiger partial charge on any atom is 0.321 e. The van der Waals surface area contributed by atoms with Gasteiger partial charge in [0.15, 0.2) is 5.78 Å². The van der Waals surface area contributed by atoms with Gasteiger partial charge in [-0.25, -0.2) is 4.79 Å². The number of para-hydroxylation sites is 1. The summed E-state index contributed by atoms with van der Waals surface area (Å²) in [5.74, 6) is -0.0601. The summed E-state index contributed by atoms with van der Waals surface area (Å²) < 4.78 is 0. The quantitative estimate of drug-likeness (QED) is 0.795. The molecule has 1 N–H and O–H groups in total. The zero-order valence-corrected chi connectivity index (χ0v) is 9.78. The van der Waals surface area contributed by atoms with Crippen LogP contribution < -0.4 is 5.32 Å². The average molecular weight is 220 g/mol. The van der Waals surface area contributed by atoms with E-state index in [4.69, 9.17) is 0 Å². The summed E-state index contributed by atoms with van der Waals surface area (Å²) in [6.45, 7) is 3.99. The van der Waals surface area contributed by atoms with Crippen LogP contribution in [-0.4, -0.2) is 30.3 Å². The van der Waals surface area contributed by atoms with Gasteiger partial charge < -0.3 is 10.2 Å². The third-order valence-corrected chi connectivity index (χ3v) is 2.37. The molecule has 0 fully saturated rings. The number of urea groups is 1. The summed E-state index contributed by atoms with van der Waals surface area (Å²) >= 11 is 0. The lowest BCUT2D eigenvalue weighted by atomic mass is 10.1. The van der Waals surface area contributed by atoms with Gasteiger partial charge in [0, 0.05) is 19.2 Å². The van der Waals surface area contributed by atoms with Crippen molar-refractivity contribution in [3.63, 3.8) is 0 Å². The van der Waals surface area contributed by atoms with Crippen molar-refractivity contribution in [1.82, 2.24) is 4.90 Å². The number of anilines is 1. The van der Waals surface area contributed by atoms with Crippen molar-refractivity contribution in [2.24, 2.45) is 0 Å². The number of hydrogen-bond donors (Lipinski definition) is 1. The molecule has 4 heteroatoms. The second-order valence-corrected chi connectivity index (χ2v) is 3.55. The number of hydrogen-bond acceptors (Lipinski definition) is 2. The van der Waals surface area contributed by atoms with E-state index < -0.39 is 0 Å². The van der Waals surface area contributed by atoms with E-state index in [9.17, 15) is 9.59 Å². The number of Topliss-reactive ketones (excluding diaryl/α,β-unsaturated/α-hetero) is 1. The van der Waals surface area contributed by atoms with Crippen LogP contribution in [0.1, 0.15) is 24.2 Å². The van der Waals surface area contributed by atoms with Crippen molar-refractivity contribution in [2.75, 3.05) is 18.9 Å². The molecule has 0 bridgehead atoms. The zero-order valence-electron chi connectivity index (χ0n) is 9.78. The molecule has 0 saturated carbocycles. The van der Waals surface area contributed by atoms with Gasteiger partial charge in [-0.05, 0) is 26.0 Å². The minimum Gasteiger partial charge on any atom is -0.328 e. The lowest BCUT2D eigenvalue weighted by Crippen LogP contribution is -2.31. The number of benzene rings is 1. The van der Waals surface area contributed by atoms with Crippen LogP contribution >= 0.6 is 0 Å². The van der Waals surface area contributed by atoms with Crippen LogP contribution in [0.2, 0.25) is 0 Å². The van der Waals surface area contributed by atoms with Crippen molar-refractivity contribution in [3.8, 4) is 0 Å². The van der Waals surface area contributed by atoms with Crippen molar-refractivity contribution in [3.05, 3.63) is 29.8 Å². The number of rotatable bonds is 3. The predicted octanol–water partition coefficient (Wildman–Crippen LogP) is 2.37. The lowest BCUT2D eigenvalue weighted by molar-refractivity contribution is 0.101. The van der Waals surface area contributed by atoms with Gasteiger partial charge in [-0.2, -0.15) is 0 Å². The molecule has 0 aliphatic rings. The number of ketones is 1. The first kappa shape index (κ1) is 12.2. The molecule has 2 amide bonds. The van der Waals surface area contributed by atoms with Crippen LogP contribution in [0.25, 0.3) is 0 Å². The van der Waals surface area contributed by atoms with E-state index in [0.717, 1.165) is 0 Å². The van der Waals surface area contributed by atoms with E-state index in [-0.39, 0.29) is 11.8 Å². The van der Waals surface area contributed by atoms with Gasteiger partial charge in [0.25, 0.3) is 0 Å². The van der Waals surface area contributed by atoms with Gasteiger partial charge in [-0.3, -0.25) is 4.79 Å². The number of nitrogens with one attached hydrogen (secondary N) is 1. The fourth-order valence-electron chi connectivity index (χ4n) is 1.25. The number of amides is 2. The van der Waals surface area contributed by atoms with E-state index >= 15 is 0 Å². The molecule has 0 unspecified atom stereocenters. The molecular weight excluding hydrogens is 204 g/mol. The Bertz CT molecular complexity index is 402. The topological polar surface area (TPSA) is 49.4 Å². The summed E-state index contributed by atoms with van der Waals surface area (Å²) in [4.78, 5) is 24.5. The van der Waals surface area contributed by atoms with E-state index in [2.05, 4.69) is 5.32 Å². The Balaban J connectivity index is 2.89. The van der Waals surface area contributed by atoms with Gasteiger partial charge in [0.2, 0.25) is 0 Å². The Morgan fingerprint density at radius 1 is 1.31 bits per heavy atom. The van der Waals surface area contributed by atoms with Crippen LogP contribution in [0.3, 0.4) is 0 Å². The summed E-state index contributed by atoms with van der Waals surface area (Å²) in [5, 5.41) is 2.71. The van der Waals surface area contributed by atoms with Gasteiger partial charge in [-0.1, -0.05) is 12.1 Å². The number of carbonyl (C=O) groups excluding carboxylic acids is 2. The van der Waals surface area contributed by atoms with Gasteiger partial charge in [0.05, 0.1) is 5.69 Å². The minimum absolute atomic E-state index is 0.0601. The van der Waals surface area contributed by atoms with Crippen LogP contribution in [0.15, 0.2) is 24.3 Å². The Kier molecular flexibility index (Phi) is 4.05. The highest BCUT2D eigenvalue weighted by Crippen LogP contribution is 2.15. The molecule has 0 saturated heterocycles. The first-order valence-electron chi connectivity index (χ1n) is 5.18. The van der Waals surface area contributed by atoms with Crippen LogP contribution in [0.5, 0.6) is 0 Å². The summed E-state index contributed by atoms with van der Waals surface area (Å²) in [6.07, 6.45) is 0. The van der Waals surface area contributed by atoms with Crippen molar-refractivity contribution in [2.45, 2.75) is 13.8 Å². The second-order valence-electron chi connectivity index (χ2n) is 3.55. The Morgan fingerprint density at radius 2 is 1.94 bits per heavy atom. The van der Waals surface area contributed by atoms with Crippen LogP contribution in [0, 0.1) is 0 Å². The van der Waals surface area contributed by atoms with E-state index in [1.54, 1.807) is 31.3 Å². The Labute approximate surface area is 95.3 Å². The SMILES string of the molecule is CCN(C)C(=O)Nc1ccccc1C(C)=O. The summed E-state index contributed by atoms with van der Waals surface area (Å²) in [7, 11) is 1.70. The largest absolute Gasteiger partial charge is 0.328 e. The number of carbonyl (C=O) groups is 2. The third kappa shape index (κ3) is 2.82. The van der Waals surface area contributed by atoms with E-state index in [1.807, 2.05) is 6.92 Å². The second kappa shape index (κ2) is 5.30. The summed E-state index contributed by atoms with van der Waals surface area (Å²) in [6, 6.07) is 6.77. The molecule has 1 rings (SSSR count). The fraction of sp³-hybridized carbons (Fsp3) is 0.333. The Hall–Kier alpha value is -1.84. The highest BCUT2D eigenvalue weighted by Gasteiger charge is 2.11. The zero-order chi connectivity index (χ0) is 12.1. The normalized spacial score (nSPS) is 9.69. The van der Waals surface area contributed by atoms with E-state index in [0.29, 0.717) is 17.8 Å². The molecule has 4 nitrogen and oxygen atoms in total. The molecule has 86 valence electrons. The third-order valence-electron chi connectivity index (χ3n) is 2.37. The molecular formula is C12H16N2O2. The maximum atomic E-state index is 11.6. The number of nitrogens with zero attached hydrogens (tertiary/aromatic N) is 1. The molecule has 0 atom stereocenters. The van der Waals surface area contributed by atoms with Crippen LogP contribution in [-0.2, 0) is 0 Å². The van der Waals surface area contributed by atoms with Crippen LogP contribution in [0.4, 0.5) is 10.5 Å². The molecule has 16 heavy (non-hydrogen) atoms. The molecule has 1 aromatic carbocycles. The molecule has 0 spiro atoms. The van der Waals surface area contributed by atoms with Crippen molar-refractivity contribution in [1.29, 1.82) is 0 Å².